The Bertz CT molecular complexity index is 596. The summed E-state index contributed by atoms with van der Waals surface area (Å²) in [6.07, 6.45) is 2.81. The maximum absolute atomic E-state index is 6.32. The lowest BCUT2D eigenvalue weighted by molar-refractivity contribution is 0.0321. The third-order valence-electron chi connectivity index (χ3n) is 4.02. The summed E-state index contributed by atoms with van der Waals surface area (Å²) in [5, 5.41) is 0.761. The fourth-order valence-electron chi connectivity index (χ4n) is 2.95. The van der Waals surface area contributed by atoms with Crippen LogP contribution in [0.1, 0.15) is 29.2 Å². The molecule has 2 unspecified atom stereocenters. The van der Waals surface area contributed by atoms with Crippen LogP contribution in [0, 0.1) is 0 Å². The maximum atomic E-state index is 6.32. The molecule has 2 aromatic rings. The molecule has 0 aliphatic carbocycles. The molecule has 1 heterocycles. The number of fused-ring (bicyclic) bond motifs is 1. The van der Waals surface area contributed by atoms with Gasteiger partial charge in [-0.15, -0.1) is 0 Å². The van der Waals surface area contributed by atoms with Gasteiger partial charge in [0.15, 0.2) is 0 Å². The average molecular weight is 302 g/mol. The van der Waals surface area contributed by atoms with Crippen LogP contribution in [0.3, 0.4) is 0 Å². The lowest BCUT2D eigenvalue weighted by atomic mass is 9.92. The summed E-state index contributed by atoms with van der Waals surface area (Å²) in [6.45, 7) is 0.787. The van der Waals surface area contributed by atoms with Crippen molar-refractivity contribution in [2.45, 2.75) is 31.4 Å². The highest BCUT2D eigenvalue weighted by Gasteiger charge is 2.22. The van der Waals surface area contributed by atoms with Crippen LogP contribution in [0.4, 0.5) is 0 Å². The van der Waals surface area contributed by atoms with Gasteiger partial charge in [0, 0.05) is 11.1 Å². The van der Waals surface area contributed by atoms with Gasteiger partial charge in [0.25, 0.3) is 0 Å². The van der Waals surface area contributed by atoms with Crippen LogP contribution in [0.25, 0.3) is 0 Å². The Morgan fingerprint density at radius 2 is 1.90 bits per heavy atom. The van der Waals surface area contributed by atoms with E-state index < -0.39 is 0 Å². The van der Waals surface area contributed by atoms with Crippen molar-refractivity contribution in [2.75, 3.05) is 6.61 Å². The molecule has 0 radical (unpaired) electrons. The molecule has 0 saturated carbocycles. The van der Waals surface area contributed by atoms with Crippen molar-refractivity contribution >= 4 is 11.6 Å². The van der Waals surface area contributed by atoms with E-state index in [0.29, 0.717) is 0 Å². The van der Waals surface area contributed by atoms with Crippen molar-refractivity contribution in [2.24, 2.45) is 5.73 Å². The Balaban J connectivity index is 1.65. The molecule has 3 rings (SSSR count). The fourth-order valence-corrected chi connectivity index (χ4v) is 3.08. The standard InChI is InChI=1S/C18H20ClNO/c19-15-7-5-13(6-8-15)11-16(20)12-18-17-4-2-1-3-14(17)9-10-21-18/h1-8,16,18H,9-12,20H2. The van der Waals surface area contributed by atoms with Crippen molar-refractivity contribution in [3.8, 4) is 0 Å². The number of ether oxygens (including phenoxy) is 1. The highest BCUT2D eigenvalue weighted by Crippen LogP contribution is 2.30. The van der Waals surface area contributed by atoms with Crippen molar-refractivity contribution in [3.05, 3.63) is 70.2 Å². The van der Waals surface area contributed by atoms with E-state index in [4.69, 9.17) is 22.1 Å². The molecule has 0 fully saturated rings. The number of nitrogens with two attached hydrogens (primary N) is 1. The van der Waals surface area contributed by atoms with Crippen LogP contribution >= 0.6 is 11.6 Å². The first-order chi connectivity index (χ1) is 10.2. The molecule has 2 nitrogen and oxygen atoms in total. The molecule has 1 aliphatic heterocycles. The van der Waals surface area contributed by atoms with Gasteiger partial charge in [-0.25, -0.2) is 0 Å². The normalized spacial score (nSPS) is 19.0. The molecule has 110 valence electrons. The van der Waals surface area contributed by atoms with Crippen molar-refractivity contribution in [1.82, 2.24) is 0 Å². The van der Waals surface area contributed by atoms with Gasteiger partial charge in [-0.1, -0.05) is 48.0 Å². The van der Waals surface area contributed by atoms with Crippen molar-refractivity contribution in [1.29, 1.82) is 0 Å². The molecular weight excluding hydrogens is 282 g/mol. The minimum atomic E-state index is 0.0855. The molecule has 0 amide bonds. The van der Waals surface area contributed by atoms with E-state index in [0.717, 1.165) is 30.9 Å². The number of halogens is 1. The summed E-state index contributed by atoms with van der Waals surface area (Å²) in [5.41, 5.74) is 10.2. The van der Waals surface area contributed by atoms with Gasteiger partial charge < -0.3 is 10.5 Å². The summed E-state index contributed by atoms with van der Waals surface area (Å²) in [7, 11) is 0. The van der Waals surface area contributed by atoms with E-state index in [1.807, 2.05) is 24.3 Å². The predicted molar refractivity (Wildman–Crippen MR) is 86.6 cm³/mol. The van der Waals surface area contributed by atoms with Gasteiger partial charge in [0.1, 0.15) is 0 Å². The zero-order valence-corrected chi connectivity index (χ0v) is 12.7. The van der Waals surface area contributed by atoms with Gasteiger partial charge in [-0.2, -0.15) is 0 Å². The minimum absolute atomic E-state index is 0.0855. The number of hydrogen-bond donors (Lipinski definition) is 1. The summed E-state index contributed by atoms with van der Waals surface area (Å²) >= 11 is 5.91. The van der Waals surface area contributed by atoms with Crippen LogP contribution in [0.15, 0.2) is 48.5 Å². The zero-order valence-electron chi connectivity index (χ0n) is 12.0. The maximum Gasteiger partial charge on any atom is 0.0842 e. The summed E-state index contributed by atoms with van der Waals surface area (Å²) in [4.78, 5) is 0. The van der Waals surface area contributed by atoms with Gasteiger partial charge in [-0.3, -0.25) is 0 Å². The SMILES string of the molecule is NC(Cc1ccc(Cl)cc1)CC1OCCc2ccccc21. The highest BCUT2D eigenvalue weighted by molar-refractivity contribution is 6.30. The van der Waals surface area contributed by atoms with Crippen LogP contribution in [0.2, 0.25) is 5.02 Å². The number of benzene rings is 2. The lowest BCUT2D eigenvalue weighted by Crippen LogP contribution is -2.28. The predicted octanol–water partition coefficient (Wildman–Crippen LogP) is 3.91. The van der Waals surface area contributed by atoms with E-state index in [1.165, 1.54) is 16.7 Å². The van der Waals surface area contributed by atoms with Crippen LogP contribution < -0.4 is 5.73 Å². The monoisotopic (exact) mass is 301 g/mol. The second kappa shape index (κ2) is 6.61. The fraction of sp³-hybridized carbons (Fsp3) is 0.333. The van der Waals surface area contributed by atoms with Gasteiger partial charge in [-0.05, 0) is 48.1 Å². The van der Waals surface area contributed by atoms with Crippen LogP contribution in [-0.4, -0.2) is 12.6 Å². The summed E-state index contributed by atoms with van der Waals surface area (Å²) < 4.78 is 5.93. The molecular formula is C18H20ClNO. The topological polar surface area (TPSA) is 35.2 Å². The van der Waals surface area contributed by atoms with E-state index in [2.05, 4.69) is 24.3 Å². The molecule has 0 spiro atoms. The highest BCUT2D eigenvalue weighted by atomic mass is 35.5. The van der Waals surface area contributed by atoms with E-state index >= 15 is 0 Å². The Morgan fingerprint density at radius 3 is 2.71 bits per heavy atom. The summed E-state index contributed by atoms with van der Waals surface area (Å²) in [6, 6.07) is 16.5. The third kappa shape index (κ3) is 3.65. The molecule has 1 aliphatic rings. The molecule has 2 atom stereocenters. The average Bonchev–Trinajstić information content (AvgIpc) is 2.50. The lowest BCUT2D eigenvalue weighted by Gasteiger charge is -2.28. The largest absolute Gasteiger partial charge is 0.373 e. The van der Waals surface area contributed by atoms with E-state index in [-0.39, 0.29) is 12.1 Å². The Hall–Kier alpha value is -1.35. The second-order valence-corrected chi connectivity index (χ2v) is 6.07. The third-order valence-corrected chi connectivity index (χ3v) is 4.27. The Morgan fingerprint density at radius 1 is 1.14 bits per heavy atom. The number of rotatable bonds is 4. The van der Waals surface area contributed by atoms with E-state index in [1.54, 1.807) is 0 Å². The Labute approximate surface area is 130 Å². The minimum Gasteiger partial charge on any atom is -0.373 e. The quantitative estimate of drug-likeness (QED) is 0.929. The second-order valence-electron chi connectivity index (χ2n) is 5.63. The molecule has 2 aromatic carbocycles. The number of hydrogen-bond acceptors (Lipinski definition) is 2. The first-order valence-corrected chi connectivity index (χ1v) is 7.79. The van der Waals surface area contributed by atoms with Crippen LogP contribution in [0.5, 0.6) is 0 Å². The molecule has 3 heteroatoms. The molecule has 2 N–H and O–H groups in total. The molecule has 0 bridgehead atoms. The van der Waals surface area contributed by atoms with E-state index in [9.17, 15) is 0 Å². The molecule has 0 saturated heterocycles. The molecule has 0 aromatic heterocycles. The Kier molecular flexibility index (Phi) is 4.59. The first kappa shape index (κ1) is 14.6. The summed E-state index contributed by atoms with van der Waals surface area (Å²) in [5.74, 6) is 0. The first-order valence-electron chi connectivity index (χ1n) is 7.42. The smallest absolute Gasteiger partial charge is 0.0842 e. The van der Waals surface area contributed by atoms with Crippen molar-refractivity contribution < 1.29 is 4.74 Å². The van der Waals surface area contributed by atoms with Crippen molar-refractivity contribution in [3.63, 3.8) is 0 Å². The van der Waals surface area contributed by atoms with Gasteiger partial charge >= 0.3 is 0 Å². The van der Waals surface area contributed by atoms with Gasteiger partial charge in [0.2, 0.25) is 0 Å². The zero-order chi connectivity index (χ0) is 14.7. The van der Waals surface area contributed by atoms with Crippen LogP contribution in [-0.2, 0) is 17.6 Å². The van der Waals surface area contributed by atoms with Gasteiger partial charge in [0.05, 0.1) is 12.7 Å². The molecule has 21 heavy (non-hydrogen) atoms.